The van der Waals surface area contributed by atoms with Crippen molar-refractivity contribution in [3.63, 3.8) is 0 Å². The molecule has 17 rings (SSSR count). The third-order valence-electron chi connectivity index (χ3n) is 21.3. The lowest BCUT2D eigenvalue weighted by Crippen LogP contribution is -2.31. The molecule has 0 atom stereocenters. The van der Waals surface area contributed by atoms with E-state index in [0.717, 1.165) is 113 Å². The lowest BCUT2D eigenvalue weighted by atomic mass is 9.66. The van der Waals surface area contributed by atoms with Crippen LogP contribution in [0.2, 0.25) is 20.1 Å². The van der Waals surface area contributed by atoms with Gasteiger partial charge in [-0.2, -0.15) is 26.3 Å². The third kappa shape index (κ3) is 11.6. The van der Waals surface area contributed by atoms with Gasteiger partial charge in [0.25, 0.3) is 47.3 Å². The number of alkyl halides is 6. The maximum absolute atomic E-state index is 15.5. The minimum absolute atomic E-state index is 0.00499. The summed E-state index contributed by atoms with van der Waals surface area (Å²) in [5.41, 5.74) is 1.86. The molecular formula is C91H48Cl4F6N4O8. The van der Waals surface area contributed by atoms with Crippen LogP contribution in [0.25, 0.3) is 44.5 Å². The largest absolute Gasteiger partial charge is 0.417 e. The van der Waals surface area contributed by atoms with Crippen LogP contribution >= 0.6 is 46.4 Å². The van der Waals surface area contributed by atoms with Crippen molar-refractivity contribution in [1.29, 1.82) is 0 Å². The molecule has 5 aliphatic rings. The standard InChI is InChI=1S/C91H48Cl4F6N4O8/c1-45-15-22-52(31-46(45)2)89(72-33-50(18-16-48-11-7-5-8-12-48)20-26-56(72)57-27-21-51(34-73(57)89)19-17-49-13-9-6-10-14-49)53-23-30-80(47(3)32-53)105-87(112)67-40-63(79(95)44-71(67)88(105)113)62-39-66-70(43-78(62)94)86(111)104(84(66)109)55-25-29-59(75(36-55)91(99,100)101)58-28-24-54(35-74(58)90(96,97)98)103-83(108)65-38-61(77(93)42-69(65)85(103)110)60-37-64-68(41-76(60)92)82(107)102(4)81(64)106/h5-15,20-44H,1-4H3. The van der Waals surface area contributed by atoms with Gasteiger partial charge in [-0.1, -0.05) is 161 Å². The highest BCUT2D eigenvalue weighted by Gasteiger charge is 2.50. The minimum atomic E-state index is -5.48. The van der Waals surface area contributed by atoms with Gasteiger partial charge in [0.15, 0.2) is 0 Å². The molecule has 0 spiro atoms. The number of carbonyl (C=O) groups excluding carboxylic acids is 8. The number of imide groups is 4. The van der Waals surface area contributed by atoms with E-state index in [1.807, 2.05) is 91.9 Å². The maximum Gasteiger partial charge on any atom is 0.417 e. The summed E-state index contributed by atoms with van der Waals surface area (Å²) in [5.74, 6) is 6.01. The van der Waals surface area contributed by atoms with Crippen molar-refractivity contribution >= 4 is 111 Å². The van der Waals surface area contributed by atoms with Crippen LogP contribution in [0.1, 0.15) is 155 Å². The zero-order valence-electron chi connectivity index (χ0n) is 59.1. The first kappa shape index (κ1) is 72.9. The minimum Gasteiger partial charge on any atom is -0.277 e. The number of halogens is 10. The lowest BCUT2D eigenvalue weighted by molar-refractivity contribution is -0.139. The number of carbonyl (C=O) groups is 8. The summed E-state index contributed by atoms with van der Waals surface area (Å²) in [6, 6.07) is 56.8. The summed E-state index contributed by atoms with van der Waals surface area (Å²) in [7, 11) is 1.26. The van der Waals surface area contributed by atoms with Crippen molar-refractivity contribution in [3.8, 4) is 68.2 Å². The van der Waals surface area contributed by atoms with Gasteiger partial charge in [0.2, 0.25) is 0 Å². The Bertz CT molecular complexity index is 6470. The molecule has 0 unspecified atom stereocenters. The zero-order valence-corrected chi connectivity index (χ0v) is 62.1. The van der Waals surface area contributed by atoms with Crippen molar-refractivity contribution in [1.82, 2.24) is 4.90 Å². The summed E-state index contributed by atoms with van der Waals surface area (Å²) in [5, 5.41) is -0.618. The van der Waals surface area contributed by atoms with Gasteiger partial charge in [-0.05, 0) is 209 Å². The number of anilines is 3. The summed E-state index contributed by atoms with van der Waals surface area (Å²) in [6.07, 6.45) is -10.9. The van der Waals surface area contributed by atoms with E-state index in [2.05, 4.69) is 73.1 Å². The van der Waals surface area contributed by atoms with Gasteiger partial charge < -0.3 is 0 Å². The Morgan fingerprint density at radius 3 is 0.991 bits per heavy atom. The number of aryl methyl sites for hydroxylation is 3. The third-order valence-corrected chi connectivity index (χ3v) is 22.6. The number of nitrogens with zero attached hydrogens (tertiary/aromatic N) is 4. The average molecular weight is 1580 g/mol. The molecule has 8 amide bonds. The smallest absolute Gasteiger partial charge is 0.277 e. The molecule has 1 aliphatic carbocycles. The molecule has 12 aromatic rings. The highest BCUT2D eigenvalue weighted by atomic mass is 35.5. The van der Waals surface area contributed by atoms with Crippen LogP contribution in [-0.4, -0.2) is 59.2 Å². The van der Waals surface area contributed by atoms with Crippen LogP contribution in [0.3, 0.4) is 0 Å². The SMILES string of the molecule is Cc1ccc(C2(c3ccc(N4C(=O)c5cc(Cl)c(-c6cc7c(cc6Cl)C(=O)N(c6ccc(-c8ccc(N9C(=O)c%10cc(Cl)c(-c%11cc%12c(cc%11Cl)C(=O)N(C)C%12=O)cc%10C9=O)cc8C(F)(F)F)c(C(F)(F)F)c6)C7=O)cc5C4=O)c(C)c3)c3cc(C#Cc4ccccc4)ccc3-c3ccc(C#Cc4ccccc4)cc32)cc1C. The number of rotatable bonds is 8. The fourth-order valence-corrected chi connectivity index (χ4v) is 16.7. The molecule has 0 N–H and O–H groups in total. The van der Waals surface area contributed by atoms with E-state index in [9.17, 15) is 33.6 Å². The van der Waals surface area contributed by atoms with E-state index >= 15 is 31.1 Å². The first-order chi connectivity index (χ1) is 53.9. The van der Waals surface area contributed by atoms with Gasteiger partial charge in [-0.3, -0.25) is 43.3 Å². The Hall–Kier alpha value is -12.9. The molecule has 0 bridgehead atoms. The summed E-state index contributed by atoms with van der Waals surface area (Å²) in [4.78, 5) is 115. The van der Waals surface area contributed by atoms with Gasteiger partial charge in [-0.25, -0.2) is 14.7 Å². The Labute approximate surface area is 660 Å². The van der Waals surface area contributed by atoms with Crippen molar-refractivity contribution in [2.45, 2.75) is 38.5 Å². The summed E-state index contributed by atoms with van der Waals surface area (Å²) < 4.78 is 92.7. The van der Waals surface area contributed by atoms with E-state index in [-0.39, 0.29) is 87.0 Å². The van der Waals surface area contributed by atoms with Crippen molar-refractivity contribution < 1.29 is 64.7 Å². The van der Waals surface area contributed by atoms with E-state index < -0.39 is 104 Å². The lowest BCUT2D eigenvalue weighted by Gasteiger charge is -2.35. The van der Waals surface area contributed by atoms with Crippen molar-refractivity contribution in [2.75, 3.05) is 21.7 Å². The Morgan fingerprint density at radius 2 is 0.619 bits per heavy atom. The number of amides is 8. The van der Waals surface area contributed by atoms with Gasteiger partial charge >= 0.3 is 12.4 Å². The number of hydrogen-bond donors (Lipinski definition) is 0. The van der Waals surface area contributed by atoms with Gasteiger partial charge in [0.05, 0.1) is 78.1 Å². The molecule has 4 heterocycles. The molecule has 4 aliphatic heterocycles. The van der Waals surface area contributed by atoms with Crippen LogP contribution < -0.4 is 14.7 Å². The molecule has 22 heteroatoms. The van der Waals surface area contributed by atoms with Gasteiger partial charge in [-0.15, -0.1) is 0 Å². The Kier molecular flexibility index (Phi) is 17.2. The molecule has 0 radical (unpaired) electrons. The molecule has 0 saturated heterocycles. The molecule has 113 heavy (non-hydrogen) atoms. The van der Waals surface area contributed by atoms with E-state index in [1.54, 1.807) is 13.0 Å². The predicted molar refractivity (Wildman–Crippen MR) is 418 cm³/mol. The molecule has 12 nitrogen and oxygen atoms in total. The molecule has 550 valence electrons. The second-order valence-corrected chi connectivity index (χ2v) is 29.4. The van der Waals surface area contributed by atoms with Crippen LogP contribution in [0.4, 0.5) is 43.4 Å². The average Bonchev–Trinajstić information content (AvgIpc) is 1.54. The van der Waals surface area contributed by atoms with Gasteiger partial charge in [0.1, 0.15) is 0 Å². The molecule has 12 aromatic carbocycles. The Balaban J connectivity index is 0.681. The quantitative estimate of drug-likeness (QED) is 0.0829. The van der Waals surface area contributed by atoms with Crippen LogP contribution in [0, 0.1) is 44.5 Å². The summed E-state index contributed by atoms with van der Waals surface area (Å²) >= 11 is 27.2. The monoisotopic (exact) mass is 1580 g/mol. The fraction of sp³-hybridized carbons (Fsp3) is 0.0769. The number of hydrogen-bond acceptors (Lipinski definition) is 8. The number of benzene rings is 12. The maximum atomic E-state index is 15.5. The highest BCUT2D eigenvalue weighted by Crippen LogP contribution is 2.58. The second-order valence-electron chi connectivity index (χ2n) is 27.8. The van der Waals surface area contributed by atoms with Crippen LogP contribution in [-0.2, 0) is 17.8 Å². The first-order valence-corrected chi connectivity index (χ1v) is 36.3. The van der Waals surface area contributed by atoms with E-state index in [4.69, 9.17) is 46.4 Å². The van der Waals surface area contributed by atoms with E-state index in [0.29, 0.717) is 39.6 Å². The summed E-state index contributed by atoms with van der Waals surface area (Å²) in [6.45, 7) is 5.90. The zero-order chi connectivity index (χ0) is 79.5. The number of fused-ring (bicyclic) bond motifs is 7. The molecule has 0 fully saturated rings. The first-order valence-electron chi connectivity index (χ1n) is 34.8. The fourth-order valence-electron chi connectivity index (χ4n) is 15.7. The van der Waals surface area contributed by atoms with Crippen molar-refractivity contribution in [3.05, 3.63) is 355 Å². The Morgan fingerprint density at radius 1 is 0.292 bits per heavy atom. The molecule has 0 saturated carbocycles. The topological polar surface area (TPSA) is 150 Å². The molecule has 0 aromatic heterocycles. The van der Waals surface area contributed by atoms with Crippen LogP contribution in [0.15, 0.2) is 218 Å². The van der Waals surface area contributed by atoms with Gasteiger partial charge in [0, 0.05) is 71.6 Å². The van der Waals surface area contributed by atoms with E-state index in [1.165, 1.54) is 31.3 Å². The second kappa shape index (κ2) is 26.6. The normalized spacial score (nSPS) is 14.5. The predicted octanol–water partition coefficient (Wildman–Crippen LogP) is 21.1. The van der Waals surface area contributed by atoms with Crippen molar-refractivity contribution in [2.24, 2.45) is 0 Å². The van der Waals surface area contributed by atoms with Crippen LogP contribution in [0.5, 0.6) is 0 Å². The molecular weight excluding hydrogens is 1530 g/mol. The highest BCUT2D eigenvalue weighted by molar-refractivity contribution is 6.43.